The summed E-state index contributed by atoms with van der Waals surface area (Å²) in [6.07, 6.45) is 0. The zero-order valence-electron chi connectivity index (χ0n) is 18.2. The second-order valence-corrected chi connectivity index (χ2v) is 7.00. The van der Waals surface area contributed by atoms with Crippen molar-refractivity contribution in [2.24, 2.45) is 0 Å². The maximum atomic E-state index is 13.1. The summed E-state index contributed by atoms with van der Waals surface area (Å²) in [6.45, 7) is 3.90. The fourth-order valence-electron chi connectivity index (χ4n) is 4.07. The van der Waals surface area contributed by atoms with Crippen LogP contribution in [0.4, 0.5) is 5.95 Å². The first kappa shape index (κ1) is 20.6. The van der Waals surface area contributed by atoms with Crippen LogP contribution >= 0.6 is 0 Å². The highest BCUT2D eigenvalue weighted by Crippen LogP contribution is 2.48. The smallest absolute Gasteiger partial charge is 0.338 e. The Morgan fingerprint density at radius 2 is 1.81 bits per heavy atom. The SMILES string of the molecule is CCOC(=O)C1=C(C)Nc2nc3ccccc3n2[C@H]1c1ccc(OC)c(OC)c1OC. The third-order valence-electron chi connectivity index (χ3n) is 5.36. The van der Waals surface area contributed by atoms with Crippen LogP contribution in [0.15, 0.2) is 47.7 Å². The number of methoxy groups -OCH3 is 3. The molecule has 2 aromatic carbocycles. The molecule has 1 aromatic heterocycles. The summed E-state index contributed by atoms with van der Waals surface area (Å²) in [5, 5.41) is 3.26. The lowest BCUT2D eigenvalue weighted by Crippen LogP contribution is -2.29. The molecule has 0 amide bonds. The van der Waals surface area contributed by atoms with E-state index in [1.54, 1.807) is 34.3 Å². The molecule has 0 saturated heterocycles. The van der Waals surface area contributed by atoms with E-state index in [-0.39, 0.29) is 6.61 Å². The lowest BCUT2D eigenvalue weighted by molar-refractivity contribution is -0.139. The molecular weight excluding hydrogens is 398 g/mol. The zero-order valence-corrected chi connectivity index (χ0v) is 18.2. The number of carbonyl (C=O) groups excluding carboxylic acids is 1. The lowest BCUT2D eigenvalue weighted by atomic mass is 9.93. The van der Waals surface area contributed by atoms with E-state index in [0.29, 0.717) is 34.5 Å². The molecule has 2 heterocycles. The van der Waals surface area contributed by atoms with Crippen LogP contribution < -0.4 is 19.5 Å². The zero-order chi connectivity index (χ0) is 22.1. The van der Waals surface area contributed by atoms with Crippen molar-refractivity contribution in [1.29, 1.82) is 0 Å². The van der Waals surface area contributed by atoms with Gasteiger partial charge >= 0.3 is 5.97 Å². The number of esters is 1. The van der Waals surface area contributed by atoms with Gasteiger partial charge in [-0.3, -0.25) is 4.57 Å². The average Bonchev–Trinajstić information content (AvgIpc) is 3.14. The molecule has 0 aliphatic carbocycles. The van der Waals surface area contributed by atoms with E-state index >= 15 is 0 Å². The number of nitrogens with zero attached hydrogens (tertiary/aromatic N) is 2. The highest BCUT2D eigenvalue weighted by molar-refractivity contribution is 5.94. The standard InChI is InChI=1S/C23H25N3O5/c1-6-31-22(27)18-13(2)24-23-25-15-9-7-8-10-16(15)26(23)19(18)14-11-12-17(28-3)21(30-5)20(14)29-4/h7-12,19H,6H2,1-5H3,(H,24,25)/t19-/m0/s1. The maximum absolute atomic E-state index is 13.1. The van der Waals surface area contributed by atoms with Crippen molar-refractivity contribution in [3.8, 4) is 17.2 Å². The average molecular weight is 423 g/mol. The predicted molar refractivity (Wildman–Crippen MR) is 117 cm³/mol. The normalized spacial score (nSPS) is 15.3. The summed E-state index contributed by atoms with van der Waals surface area (Å²) in [4.78, 5) is 17.8. The number of para-hydroxylation sites is 2. The van der Waals surface area contributed by atoms with Crippen molar-refractivity contribution in [3.63, 3.8) is 0 Å². The van der Waals surface area contributed by atoms with Crippen molar-refractivity contribution in [1.82, 2.24) is 9.55 Å². The van der Waals surface area contributed by atoms with Crippen molar-refractivity contribution in [2.45, 2.75) is 19.9 Å². The van der Waals surface area contributed by atoms with E-state index in [4.69, 9.17) is 23.9 Å². The fourth-order valence-corrected chi connectivity index (χ4v) is 4.07. The Bertz CT molecular complexity index is 1180. The Hall–Kier alpha value is -3.68. The minimum Gasteiger partial charge on any atom is -0.493 e. The minimum atomic E-state index is -0.544. The van der Waals surface area contributed by atoms with Gasteiger partial charge in [0.25, 0.3) is 0 Å². The van der Waals surface area contributed by atoms with E-state index < -0.39 is 12.0 Å². The van der Waals surface area contributed by atoms with Crippen molar-refractivity contribution < 1.29 is 23.7 Å². The summed E-state index contributed by atoms with van der Waals surface area (Å²) in [5.41, 5.74) is 3.56. The van der Waals surface area contributed by atoms with Crippen LogP contribution in [0, 0.1) is 0 Å². The van der Waals surface area contributed by atoms with Gasteiger partial charge in [-0.05, 0) is 38.1 Å². The Kier molecular flexibility index (Phi) is 5.46. The van der Waals surface area contributed by atoms with E-state index in [0.717, 1.165) is 16.6 Å². The number of carbonyl (C=O) groups is 1. The van der Waals surface area contributed by atoms with Crippen LogP contribution in [0.2, 0.25) is 0 Å². The first-order valence-corrected chi connectivity index (χ1v) is 9.96. The second-order valence-electron chi connectivity index (χ2n) is 7.00. The quantitative estimate of drug-likeness (QED) is 0.602. The molecule has 0 radical (unpaired) electrons. The number of rotatable bonds is 6. The predicted octanol–water partition coefficient (Wildman–Crippen LogP) is 3.91. The summed E-state index contributed by atoms with van der Waals surface area (Å²) in [7, 11) is 4.68. The van der Waals surface area contributed by atoms with Crippen LogP contribution in [0.25, 0.3) is 11.0 Å². The summed E-state index contributed by atoms with van der Waals surface area (Å²) >= 11 is 0. The van der Waals surface area contributed by atoms with Crippen LogP contribution in [-0.4, -0.2) is 43.5 Å². The molecule has 0 unspecified atom stereocenters. The molecule has 1 atom stereocenters. The van der Waals surface area contributed by atoms with Gasteiger partial charge < -0.3 is 24.3 Å². The van der Waals surface area contributed by atoms with Crippen molar-refractivity contribution >= 4 is 23.0 Å². The highest BCUT2D eigenvalue weighted by Gasteiger charge is 2.37. The third kappa shape index (κ3) is 3.24. The molecule has 31 heavy (non-hydrogen) atoms. The minimum absolute atomic E-state index is 0.267. The van der Waals surface area contributed by atoms with E-state index in [9.17, 15) is 4.79 Å². The van der Waals surface area contributed by atoms with Crippen LogP contribution in [0.3, 0.4) is 0 Å². The topological polar surface area (TPSA) is 83.8 Å². The number of ether oxygens (including phenoxy) is 4. The number of nitrogens with one attached hydrogen (secondary N) is 1. The fraction of sp³-hybridized carbons (Fsp3) is 0.304. The Balaban J connectivity index is 2.05. The number of aromatic nitrogens is 2. The largest absolute Gasteiger partial charge is 0.493 e. The monoisotopic (exact) mass is 423 g/mol. The van der Waals surface area contributed by atoms with Gasteiger partial charge in [-0.2, -0.15) is 0 Å². The molecule has 0 fully saturated rings. The van der Waals surface area contributed by atoms with Gasteiger partial charge in [0.05, 0.1) is 50.6 Å². The van der Waals surface area contributed by atoms with Crippen LogP contribution in [-0.2, 0) is 9.53 Å². The number of anilines is 1. The van der Waals surface area contributed by atoms with Gasteiger partial charge in [-0.15, -0.1) is 0 Å². The summed E-state index contributed by atoms with van der Waals surface area (Å²) in [5.74, 6) is 1.69. The molecule has 0 spiro atoms. The number of fused-ring (bicyclic) bond motifs is 3. The first-order valence-electron chi connectivity index (χ1n) is 9.96. The molecule has 0 saturated carbocycles. The number of benzene rings is 2. The van der Waals surface area contributed by atoms with Gasteiger partial charge in [-0.1, -0.05) is 12.1 Å². The summed E-state index contributed by atoms with van der Waals surface area (Å²) in [6, 6.07) is 10.9. The molecule has 1 N–H and O–H groups in total. The number of hydrogen-bond acceptors (Lipinski definition) is 7. The van der Waals surface area contributed by atoms with Crippen molar-refractivity contribution in [2.75, 3.05) is 33.3 Å². The third-order valence-corrected chi connectivity index (χ3v) is 5.36. The molecule has 4 rings (SSSR count). The second kappa shape index (κ2) is 8.22. The van der Waals surface area contributed by atoms with Crippen LogP contribution in [0.5, 0.6) is 17.2 Å². The molecule has 8 nitrogen and oxygen atoms in total. The van der Waals surface area contributed by atoms with Crippen molar-refractivity contribution in [3.05, 3.63) is 53.2 Å². The molecular formula is C23H25N3O5. The van der Waals surface area contributed by atoms with E-state index in [1.807, 2.05) is 41.8 Å². The van der Waals surface area contributed by atoms with Gasteiger partial charge in [-0.25, -0.2) is 9.78 Å². The Morgan fingerprint density at radius 3 is 2.48 bits per heavy atom. The molecule has 1 aliphatic rings. The maximum Gasteiger partial charge on any atom is 0.338 e. The number of allylic oxidation sites excluding steroid dienone is 1. The molecule has 1 aliphatic heterocycles. The Labute approximate surface area is 180 Å². The molecule has 3 aromatic rings. The van der Waals surface area contributed by atoms with Crippen LogP contribution in [0.1, 0.15) is 25.5 Å². The van der Waals surface area contributed by atoms with Gasteiger partial charge in [0, 0.05) is 11.3 Å². The summed E-state index contributed by atoms with van der Waals surface area (Å²) < 4.78 is 24.2. The Morgan fingerprint density at radius 1 is 1.06 bits per heavy atom. The first-order chi connectivity index (χ1) is 15.0. The number of imidazole rings is 1. The van der Waals surface area contributed by atoms with E-state index in [2.05, 4.69) is 5.32 Å². The highest BCUT2D eigenvalue weighted by atomic mass is 16.5. The number of hydrogen-bond donors (Lipinski definition) is 1. The lowest BCUT2D eigenvalue weighted by Gasteiger charge is -2.31. The van der Waals surface area contributed by atoms with Gasteiger partial charge in [0.15, 0.2) is 11.5 Å². The van der Waals surface area contributed by atoms with E-state index in [1.165, 1.54) is 0 Å². The molecule has 162 valence electrons. The molecule has 8 heteroatoms. The molecule has 0 bridgehead atoms. The van der Waals surface area contributed by atoms with Gasteiger partial charge in [0.1, 0.15) is 0 Å². The van der Waals surface area contributed by atoms with Gasteiger partial charge in [0.2, 0.25) is 11.7 Å².